The van der Waals surface area contributed by atoms with Crippen molar-refractivity contribution in [3.8, 4) is 0 Å². The maximum absolute atomic E-state index is 12.9. The smallest absolute Gasteiger partial charge is 0.308 e. The van der Waals surface area contributed by atoms with Crippen LogP contribution in [0.4, 0.5) is 13.2 Å². The van der Waals surface area contributed by atoms with Crippen molar-refractivity contribution in [1.29, 1.82) is 0 Å². The number of benzene rings is 2. The molecule has 0 spiro atoms. The van der Waals surface area contributed by atoms with Crippen LogP contribution in [0.1, 0.15) is 17.0 Å². The Hall–Kier alpha value is -2.59. The second kappa shape index (κ2) is 7.68. The van der Waals surface area contributed by atoms with Crippen LogP contribution in [0.3, 0.4) is 0 Å². The summed E-state index contributed by atoms with van der Waals surface area (Å²) in [5.41, 5.74) is 0.719. The van der Waals surface area contributed by atoms with Gasteiger partial charge in [0.15, 0.2) is 11.0 Å². The minimum absolute atomic E-state index is 0.0765. The SMILES string of the molecule is Cn1c(Cn2c(=O)sc3ccccc32)nnc1SCc1cccc(C(F)(F)F)c1. The van der Waals surface area contributed by atoms with Gasteiger partial charge in [-0.1, -0.05) is 53.4 Å². The first-order valence-electron chi connectivity index (χ1n) is 8.58. The molecule has 0 radical (unpaired) electrons. The van der Waals surface area contributed by atoms with Gasteiger partial charge >= 0.3 is 11.0 Å². The molecule has 0 saturated carbocycles. The summed E-state index contributed by atoms with van der Waals surface area (Å²) >= 11 is 2.47. The summed E-state index contributed by atoms with van der Waals surface area (Å²) in [6.07, 6.45) is -4.37. The van der Waals surface area contributed by atoms with E-state index in [2.05, 4.69) is 10.2 Å². The lowest BCUT2D eigenvalue weighted by Gasteiger charge is -2.08. The monoisotopic (exact) mass is 436 g/mol. The number of halogens is 3. The largest absolute Gasteiger partial charge is 0.416 e. The summed E-state index contributed by atoms with van der Waals surface area (Å²) in [6, 6.07) is 12.8. The van der Waals surface area contributed by atoms with Crippen LogP contribution in [-0.4, -0.2) is 19.3 Å². The van der Waals surface area contributed by atoms with Gasteiger partial charge < -0.3 is 4.57 Å². The first-order chi connectivity index (χ1) is 13.8. The van der Waals surface area contributed by atoms with Crippen LogP contribution in [0.15, 0.2) is 58.5 Å². The van der Waals surface area contributed by atoms with Crippen molar-refractivity contribution < 1.29 is 13.2 Å². The van der Waals surface area contributed by atoms with Gasteiger partial charge in [0.1, 0.15) is 0 Å². The van der Waals surface area contributed by atoms with Crippen molar-refractivity contribution in [3.63, 3.8) is 0 Å². The summed E-state index contributed by atoms with van der Waals surface area (Å²) in [5.74, 6) is 0.930. The summed E-state index contributed by atoms with van der Waals surface area (Å²) in [7, 11) is 1.78. The average Bonchev–Trinajstić information content (AvgIpc) is 3.20. The minimum Gasteiger partial charge on any atom is -0.308 e. The molecule has 4 aromatic rings. The Balaban J connectivity index is 1.52. The summed E-state index contributed by atoms with van der Waals surface area (Å²) in [5, 5.41) is 8.87. The van der Waals surface area contributed by atoms with E-state index in [1.807, 2.05) is 24.3 Å². The molecule has 150 valence electrons. The number of fused-ring (bicyclic) bond motifs is 1. The van der Waals surface area contributed by atoms with Crippen molar-refractivity contribution in [2.24, 2.45) is 7.05 Å². The highest BCUT2D eigenvalue weighted by Crippen LogP contribution is 2.31. The number of aromatic nitrogens is 4. The van der Waals surface area contributed by atoms with Gasteiger partial charge in [-0.2, -0.15) is 13.2 Å². The highest BCUT2D eigenvalue weighted by molar-refractivity contribution is 7.98. The Bertz CT molecular complexity index is 1230. The van der Waals surface area contributed by atoms with Crippen molar-refractivity contribution in [3.05, 3.63) is 75.1 Å². The third-order valence-electron chi connectivity index (χ3n) is 4.42. The molecule has 4 rings (SSSR count). The number of rotatable bonds is 5. The van der Waals surface area contributed by atoms with E-state index in [4.69, 9.17) is 0 Å². The van der Waals surface area contributed by atoms with E-state index in [-0.39, 0.29) is 11.4 Å². The maximum atomic E-state index is 12.9. The van der Waals surface area contributed by atoms with Crippen molar-refractivity contribution >= 4 is 33.3 Å². The maximum Gasteiger partial charge on any atom is 0.416 e. The number of thioether (sulfide) groups is 1. The Kier molecular flexibility index (Phi) is 5.22. The molecule has 0 atom stereocenters. The van der Waals surface area contributed by atoms with Crippen molar-refractivity contribution in [2.45, 2.75) is 23.6 Å². The van der Waals surface area contributed by atoms with E-state index in [1.54, 1.807) is 22.2 Å². The zero-order valence-corrected chi connectivity index (χ0v) is 16.8. The molecule has 2 heterocycles. The normalized spacial score (nSPS) is 12.0. The first kappa shape index (κ1) is 19.7. The predicted molar refractivity (Wildman–Crippen MR) is 107 cm³/mol. The van der Waals surface area contributed by atoms with Gasteiger partial charge in [0, 0.05) is 12.8 Å². The van der Waals surface area contributed by atoms with Crippen LogP contribution in [0.2, 0.25) is 0 Å². The lowest BCUT2D eigenvalue weighted by molar-refractivity contribution is -0.137. The molecule has 0 fully saturated rings. The summed E-state index contributed by atoms with van der Waals surface area (Å²) in [4.78, 5) is 12.2. The number of thiazole rings is 1. The van der Waals surface area contributed by atoms with Crippen LogP contribution in [0, 0.1) is 0 Å². The number of hydrogen-bond donors (Lipinski definition) is 0. The van der Waals surface area contributed by atoms with Gasteiger partial charge in [-0.3, -0.25) is 9.36 Å². The average molecular weight is 436 g/mol. The Morgan fingerprint density at radius 2 is 1.90 bits per heavy atom. The van der Waals surface area contributed by atoms with E-state index in [0.717, 1.165) is 22.3 Å². The van der Waals surface area contributed by atoms with Crippen molar-refractivity contribution in [2.75, 3.05) is 0 Å². The lowest BCUT2D eigenvalue weighted by Crippen LogP contribution is -2.16. The molecule has 0 N–H and O–H groups in total. The van der Waals surface area contributed by atoms with E-state index in [0.29, 0.717) is 22.3 Å². The molecule has 0 aliphatic carbocycles. The number of nitrogens with zero attached hydrogens (tertiary/aromatic N) is 4. The van der Waals surface area contributed by atoms with Gasteiger partial charge in [-0.25, -0.2) is 0 Å². The molecular weight excluding hydrogens is 421 g/mol. The molecule has 0 saturated heterocycles. The zero-order chi connectivity index (χ0) is 20.6. The second-order valence-electron chi connectivity index (χ2n) is 6.37. The molecule has 0 aliphatic heterocycles. The molecule has 0 unspecified atom stereocenters. The van der Waals surface area contributed by atoms with E-state index in [9.17, 15) is 18.0 Å². The van der Waals surface area contributed by atoms with Gasteiger partial charge in [0.25, 0.3) is 0 Å². The van der Waals surface area contributed by atoms with Crippen LogP contribution in [0.5, 0.6) is 0 Å². The third-order valence-corrected chi connectivity index (χ3v) is 6.47. The Labute approximate surface area is 171 Å². The molecule has 5 nitrogen and oxygen atoms in total. The van der Waals surface area contributed by atoms with Gasteiger partial charge in [-0.15, -0.1) is 10.2 Å². The highest BCUT2D eigenvalue weighted by atomic mass is 32.2. The summed E-state index contributed by atoms with van der Waals surface area (Å²) in [6.45, 7) is 0.274. The van der Waals surface area contributed by atoms with Gasteiger partial charge in [0.05, 0.1) is 22.3 Å². The summed E-state index contributed by atoms with van der Waals surface area (Å²) < 4.78 is 42.9. The van der Waals surface area contributed by atoms with Crippen molar-refractivity contribution in [1.82, 2.24) is 19.3 Å². The molecule has 2 aromatic heterocycles. The highest BCUT2D eigenvalue weighted by Gasteiger charge is 2.30. The molecule has 10 heteroatoms. The molecule has 0 bridgehead atoms. The Morgan fingerprint density at radius 3 is 2.69 bits per heavy atom. The molecule has 2 aromatic carbocycles. The zero-order valence-electron chi connectivity index (χ0n) is 15.2. The molecule has 0 amide bonds. The predicted octanol–water partition coefficient (Wildman–Crippen LogP) is 4.55. The van der Waals surface area contributed by atoms with Crippen LogP contribution >= 0.6 is 23.1 Å². The van der Waals surface area contributed by atoms with Gasteiger partial charge in [-0.05, 0) is 23.8 Å². The minimum atomic E-state index is -4.37. The van der Waals surface area contributed by atoms with Gasteiger partial charge in [0.2, 0.25) is 0 Å². The third kappa shape index (κ3) is 4.08. The second-order valence-corrected chi connectivity index (χ2v) is 8.30. The molecule has 29 heavy (non-hydrogen) atoms. The number of hydrogen-bond acceptors (Lipinski definition) is 5. The van der Waals surface area contributed by atoms with E-state index >= 15 is 0 Å². The molecular formula is C19H15F3N4OS2. The first-order valence-corrected chi connectivity index (χ1v) is 10.4. The fraction of sp³-hybridized carbons (Fsp3) is 0.211. The Morgan fingerprint density at radius 1 is 1.10 bits per heavy atom. The fourth-order valence-electron chi connectivity index (χ4n) is 2.90. The van der Waals surface area contributed by atoms with E-state index in [1.165, 1.54) is 29.2 Å². The van der Waals surface area contributed by atoms with Crippen LogP contribution < -0.4 is 4.87 Å². The lowest BCUT2D eigenvalue weighted by atomic mass is 10.1. The number of para-hydroxylation sites is 1. The van der Waals surface area contributed by atoms with Crippen LogP contribution in [0.25, 0.3) is 10.2 Å². The topological polar surface area (TPSA) is 52.7 Å². The number of alkyl halides is 3. The fourth-order valence-corrected chi connectivity index (χ4v) is 4.66. The molecule has 0 aliphatic rings. The quantitative estimate of drug-likeness (QED) is 0.431. The van der Waals surface area contributed by atoms with Crippen LogP contribution in [-0.2, 0) is 25.5 Å². The van der Waals surface area contributed by atoms with E-state index < -0.39 is 11.7 Å². The standard InChI is InChI=1S/C19H15F3N4OS2/c1-25-16(10-26-14-7-2-3-8-15(14)29-18(26)27)23-24-17(25)28-11-12-5-4-6-13(9-12)19(20,21)22/h2-9H,10-11H2,1H3.